The fourth-order valence-electron chi connectivity index (χ4n) is 2.05. The third-order valence-corrected chi connectivity index (χ3v) is 2.98. The van der Waals surface area contributed by atoms with Crippen molar-refractivity contribution < 1.29 is 4.74 Å². The molecule has 5 heteroatoms. The number of nitrogens with zero attached hydrogens (tertiary/aromatic N) is 3. The van der Waals surface area contributed by atoms with Crippen LogP contribution in [0, 0.1) is 5.92 Å². The van der Waals surface area contributed by atoms with Crippen molar-refractivity contribution >= 4 is 0 Å². The standard InChI is InChI=1S/C15H22N4O/c1-12(2)9-19-15(17-11-18-19)10-20-14-6-4-3-5-13(14)7-8-16/h3-6,11-12H,7-10,16H2,1-2H3. The van der Waals surface area contributed by atoms with E-state index in [2.05, 4.69) is 23.9 Å². The molecule has 0 bridgehead atoms. The number of rotatable bonds is 7. The summed E-state index contributed by atoms with van der Waals surface area (Å²) in [5.74, 6) is 2.25. The maximum Gasteiger partial charge on any atom is 0.164 e. The summed E-state index contributed by atoms with van der Waals surface area (Å²) >= 11 is 0. The van der Waals surface area contributed by atoms with Crippen LogP contribution in [0.25, 0.3) is 0 Å². The summed E-state index contributed by atoms with van der Waals surface area (Å²) in [6.45, 7) is 6.20. The molecule has 108 valence electrons. The SMILES string of the molecule is CC(C)Cn1ncnc1COc1ccccc1CCN. The minimum atomic E-state index is 0.425. The molecule has 0 saturated carbocycles. The third kappa shape index (κ3) is 3.81. The fourth-order valence-corrected chi connectivity index (χ4v) is 2.05. The van der Waals surface area contributed by atoms with Crippen molar-refractivity contribution in [2.45, 2.75) is 33.4 Å². The van der Waals surface area contributed by atoms with E-state index in [9.17, 15) is 0 Å². The van der Waals surface area contributed by atoms with Gasteiger partial charge >= 0.3 is 0 Å². The highest BCUT2D eigenvalue weighted by molar-refractivity contribution is 5.33. The molecule has 0 atom stereocenters. The summed E-state index contributed by atoms with van der Waals surface area (Å²) in [5, 5.41) is 4.23. The lowest BCUT2D eigenvalue weighted by Crippen LogP contribution is -2.13. The molecule has 0 aliphatic heterocycles. The van der Waals surface area contributed by atoms with Gasteiger partial charge in [0.25, 0.3) is 0 Å². The van der Waals surface area contributed by atoms with E-state index in [1.165, 1.54) is 0 Å². The highest BCUT2D eigenvalue weighted by atomic mass is 16.5. The Hall–Kier alpha value is -1.88. The molecule has 1 aromatic heterocycles. The molecule has 5 nitrogen and oxygen atoms in total. The van der Waals surface area contributed by atoms with Crippen LogP contribution in [0.15, 0.2) is 30.6 Å². The fraction of sp³-hybridized carbons (Fsp3) is 0.467. The van der Waals surface area contributed by atoms with Gasteiger partial charge in [-0.1, -0.05) is 32.0 Å². The van der Waals surface area contributed by atoms with Gasteiger partial charge in [-0.15, -0.1) is 0 Å². The van der Waals surface area contributed by atoms with E-state index in [0.29, 0.717) is 19.1 Å². The Balaban J connectivity index is 2.04. The second-order valence-corrected chi connectivity index (χ2v) is 5.19. The van der Waals surface area contributed by atoms with E-state index < -0.39 is 0 Å². The van der Waals surface area contributed by atoms with Gasteiger partial charge in [0, 0.05) is 6.54 Å². The molecule has 1 aromatic carbocycles. The van der Waals surface area contributed by atoms with Crippen molar-refractivity contribution in [2.75, 3.05) is 6.54 Å². The quantitative estimate of drug-likeness (QED) is 0.838. The van der Waals surface area contributed by atoms with Crippen molar-refractivity contribution in [2.24, 2.45) is 11.7 Å². The molecule has 0 aliphatic carbocycles. The number of benzene rings is 1. The van der Waals surface area contributed by atoms with Crippen molar-refractivity contribution in [1.82, 2.24) is 14.8 Å². The number of aromatic nitrogens is 3. The zero-order chi connectivity index (χ0) is 14.4. The maximum absolute atomic E-state index is 5.88. The summed E-state index contributed by atoms with van der Waals surface area (Å²) in [6.07, 6.45) is 2.39. The summed E-state index contributed by atoms with van der Waals surface area (Å²) in [6, 6.07) is 7.97. The molecule has 20 heavy (non-hydrogen) atoms. The summed E-state index contributed by atoms with van der Waals surface area (Å²) in [5.41, 5.74) is 6.75. The van der Waals surface area contributed by atoms with Crippen LogP contribution in [0.5, 0.6) is 5.75 Å². The van der Waals surface area contributed by atoms with Gasteiger partial charge in [-0.2, -0.15) is 5.10 Å². The Bertz CT molecular complexity index is 536. The summed E-state index contributed by atoms with van der Waals surface area (Å²) in [7, 11) is 0. The minimum absolute atomic E-state index is 0.425. The van der Waals surface area contributed by atoms with Gasteiger partial charge in [-0.25, -0.2) is 9.67 Å². The van der Waals surface area contributed by atoms with Crippen molar-refractivity contribution in [1.29, 1.82) is 0 Å². The number of nitrogens with two attached hydrogens (primary N) is 1. The van der Waals surface area contributed by atoms with E-state index in [4.69, 9.17) is 10.5 Å². The molecule has 0 fully saturated rings. The molecule has 0 aliphatic rings. The summed E-state index contributed by atoms with van der Waals surface area (Å²) < 4.78 is 7.78. The van der Waals surface area contributed by atoms with Crippen LogP contribution in [0.2, 0.25) is 0 Å². The van der Waals surface area contributed by atoms with Crippen LogP contribution in [-0.4, -0.2) is 21.3 Å². The van der Waals surface area contributed by atoms with E-state index in [1.54, 1.807) is 6.33 Å². The maximum atomic E-state index is 5.88. The molecular weight excluding hydrogens is 252 g/mol. The Kier molecular flexibility index (Phi) is 5.12. The van der Waals surface area contributed by atoms with Crippen molar-refractivity contribution in [3.05, 3.63) is 42.0 Å². The first-order valence-electron chi connectivity index (χ1n) is 6.98. The van der Waals surface area contributed by atoms with E-state index >= 15 is 0 Å². The van der Waals surface area contributed by atoms with Gasteiger partial charge in [-0.3, -0.25) is 0 Å². The predicted molar refractivity (Wildman–Crippen MR) is 78.4 cm³/mol. The highest BCUT2D eigenvalue weighted by Gasteiger charge is 2.08. The molecule has 0 saturated heterocycles. The number of para-hydroxylation sites is 1. The average molecular weight is 274 g/mol. The Morgan fingerprint density at radius 3 is 2.85 bits per heavy atom. The van der Waals surface area contributed by atoms with Crippen LogP contribution in [0.4, 0.5) is 0 Å². The van der Waals surface area contributed by atoms with Crippen LogP contribution < -0.4 is 10.5 Å². The van der Waals surface area contributed by atoms with E-state index in [0.717, 1.165) is 30.1 Å². The first kappa shape index (κ1) is 14.5. The largest absolute Gasteiger partial charge is 0.485 e. The second kappa shape index (κ2) is 7.05. The van der Waals surface area contributed by atoms with Gasteiger partial charge in [-0.05, 0) is 30.5 Å². The van der Waals surface area contributed by atoms with Gasteiger partial charge < -0.3 is 10.5 Å². The zero-order valence-electron chi connectivity index (χ0n) is 12.1. The molecule has 0 spiro atoms. The first-order valence-corrected chi connectivity index (χ1v) is 6.98. The topological polar surface area (TPSA) is 66.0 Å². The lowest BCUT2D eigenvalue weighted by molar-refractivity contribution is 0.280. The Labute approximate surface area is 119 Å². The second-order valence-electron chi connectivity index (χ2n) is 5.19. The lowest BCUT2D eigenvalue weighted by Gasteiger charge is -2.12. The molecule has 0 amide bonds. The molecule has 2 aromatic rings. The summed E-state index contributed by atoms with van der Waals surface area (Å²) in [4.78, 5) is 4.26. The number of ether oxygens (including phenoxy) is 1. The average Bonchev–Trinajstić information content (AvgIpc) is 2.84. The van der Waals surface area contributed by atoms with Crippen LogP contribution in [-0.2, 0) is 19.6 Å². The number of hydrogen-bond acceptors (Lipinski definition) is 4. The first-order chi connectivity index (χ1) is 9.70. The zero-order valence-corrected chi connectivity index (χ0v) is 12.1. The molecule has 0 radical (unpaired) electrons. The molecule has 0 unspecified atom stereocenters. The van der Waals surface area contributed by atoms with Gasteiger partial charge in [0.2, 0.25) is 0 Å². The van der Waals surface area contributed by atoms with Crippen molar-refractivity contribution in [3.63, 3.8) is 0 Å². The lowest BCUT2D eigenvalue weighted by atomic mass is 10.1. The van der Waals surface area contributed by atoms with Crippen LogP contribution >= 0.6 is 0 Å². The Morgan fingerprint density at radius 2 is 2.10 bits per heavy atom. The van der Waals surface area contributed by atoms with Crippen LogP contribution in [0.3, 0.4) is 0 Å². The predicted octanol–water partition coefficient (Wildman–Crippen LogP) is 2.01. The molecule has 2 rings (SSSR count). The molecular formula is C15H22N4O. The van der Waals surface area contributed by atoms with Gasteiger partial charge in [0.05, 0.1) is 0 Å². The number of hydrogen-bond donors (Lipinski definition) is 1. The van der Waals surface area contributed by atoms with E-state index in [-0.39, 0.29) is 0 Å². The smallest absolute Gasteiger partial charge is 0.164 e. The van der Waals surface area contributed by atoms with Crippen LogP contribution in [0.1, 0.15) is 25.2 Å². The molecule has 2 N–H and O–H groups in total. The third-order valence-electron chi connectivity index (χ3n) is 2.98. The minimum Gasteiger partial charge on any atom is -0.485 e. The monoisotopic (exact) mass is 274 g/mol. The van der Waals surface area contributed by atoms with Gasteiger partial charge in [0.1, 0.15) is 18.7 Å². The van der Waals surface area contributed by atoms with Gasteiger partial charge in [0.15, 0.2) is 5.82 Å². The normalized spacial score (nSPS) is 11.0. The van der Waals surface area contributed by atoms with Crippen molar-refractivity contribution in [3.8, 4) is 5.75 Å². The van der Waals surface area contributed by atoms with E-state index in [1.807, 2.05) is 28.9 Å². The molecule has 1 heterocycles. The Morgan fingerprint density at radius 1 is 1.30 bits per heavy atom. The highest BCUT2D eigenvalue weighted by Crippen LogP contribution is 2.19.